The van der Waals surface area contributed by atoms with Gasteiger partial charge in [0.1, 0.15) is 6.10 Å². The summed E-state index contributed by atoms with van der Waals surface area (Å²) in [6.45, 7) is 9.31. The lowest BCUT2D eigenvalue weighted by Crippen LogP contribution is -2.22. The van der Waals surface area contributed by atoms with Gasteiger partial charge in [-0.3, -0.25) is 14.4 Å². The maximum absolute atomic E-state index is 11.5. The van der Waals surface area contributed by atoms with Gasteiger partial charge in [0, 0.05) is 34.2 Å². The average Bonchev–Trinajstić information content (AvgIpc) is 2.73. The summed E-state index contributed by atoms with van der Waals surface area (Å²) in [5.41, 5.74) is 0. The van der Waals surface area contributed by atoms with Crippen molar-refractivity contribution in [2.24, 2.45) is 0 Å². The number of esters is 3. The van der Waals surface area contributed by atoms with Crippen LogP contribution in [0, 0.1) is 0 Å². The van der Waals surface area contributed by atoms with Gasteiger partial charge >= 0.3 is 17.9 Å². The van der Waals surface area contributed by atoms with E-state index >= 15 is 0 Å². The van der Waals surface area contributed by atoms with Gasteiger partial charge in [0.2, 0.25) is 0 Å². The SMILES string of the molecule is CO[C@H](C)CC(=O)OCC[C@@H](C)O.CO[C@H](C)CC(=O)OCC[C@@H](C)OC(=O)C[C@@H](C)OC. The van der Waals surface area contributed by atoms with Gasteiger partial charge < -0.3 is 33.5 Å². The summed E-state index contributed by atoms with van der Waals surface area (Å²) < 4.78 is 29.9. The second kappa shape index (κ2) is 20.8. The maximum Gasteiger partial charge on any atom is 0.308 e. The van der Waals surface area contributed by atoms with Gasteiger partial charge in [-0.25, -0.2) is 0 Å². The van der Waals surface area contributed by atoms with E-state index in [4.69, 9.17) is 33.5 Å². The van der Waals surface area contributed by atoms with Crippen LogP contribution >= 0.6 is 0 Å². The molecule has 0 aliphatic heterocycles. The number of aliphatic hydroxyl groups excluding tert-OH is 1. The maximum atomic E-state index is 11.5. The minimum atomic E-state index is -0.423. The highest BCUT2D eigenvalue weighted by molar-refractivity contribution is 5.70. The fraction of sp³-hybridized carbons (Fsp3) is 0.870. The van der Waals surface area contributed by atoms with E-state index in [9.17, 15) is 14.4 Å². The molecule has 0 fully saturated rings. The number of methoxy groups -OCH3 is 3. The number of carbonyl (C=O) groups excluding carboxylic acids is 3. The van der Waals surface area contributed by atoms with Crippen LogP contribution in [0.5, 0.6) is 0 Å². The van der Waals surface area contributed by atoms with Crippen LogP contribution in [0.3, 0.4) is 0 Å². The molecule has 0 heterocycles. The van der Waals surface area contributed by atoms with Gasteiger partial charge in [0.15, 0.2) is 0 Å². The molecule has 0 radical (unpaired) electrons. The summed E-state index contributed by atoms with van der Waals surface area (Å²) in [6, 6.07) is 0. The van der Waals surface area contributed by atoms with Crippen LogP contribution in [0.15, 0.2) is 0 Å². The molecule has 33 heavy (non-hydrogen) atoms. The van der Waals surface area contributed by atoms with E-state index in [1.165, 1.54) is 0 Å². The largest absolute Gasteiger partial charge is 0.466 e. The highest BCUT2D eigenvalue weighted by Gasteiger charge is 2.15. The smallest absolute Gasteiger partial charge is 0.308 e. The van der Waals surface area contributed by atoms with Gasteiger partial charge in [-0.05, 0) is 34.6 Å². The fourth-order valence-corrected chi connectivity index (χ4v) is 2.09. The predicted molar refractivity (Wildman–Crippen MR) is 122 cm³/mol. The molecule has 196 valence electrons. The highest BCUT2D eigenvalue weighted by atomic mass is 16.6. The summed E-state index contributed by atoms with van der Waals surface area (Å²) in [7, 11) is 4.63. The molecule has 0 saturated carbocycles. The van der Waals surface area contributed by atoms with Crippen LogP contribution in [0.4, 0.5) is 0 Å². The predicted octanol–water partition coefficient (Wildman–Crippen LogP) is 2.43. The van der Waals surface area contributed by atoms with E-state index in [1.807, 2.05) is 0 Å². The molecule has 0 aromatic heterocycles. The minimum Gasteiger partial charge on any atom is -0.466 e. The van der Waals surface area contributed by atoms with Gasteiger partial charge in [-0.15, -0.1) is 0 Å². The average molecular weight is 481 g/mol. The third-order valence-electron chi connectivity index (χ3n) is 4.49. The van der Waals surface area contributed by atoms with Crippen LogP contribution in [0.2, 0.25) is 0 Å². The van der Waals surface area contributed by atoms with Gasteiger partial charge in [-0.2, -0.15) is 0 Å². The first-order valence-corrected chi connectivity index (χ1v) is 11.2. The Bertz CT molecular complexity index is 523. The molecule has 0 bridgehead atoms. The second-order valence-electron chi connectivity index (χ2n) is 7.92. The zero-order valence-corrected chi connectivity index (χ0v) is 21.5. The number of rotatable bonds is 16. The summed E-state index contributed by atoms with van der Waals surface area (Å²) in [4.78, 5) is 33.9. The Labute approximate surface area is 198 Å². The van der Waals surface area contributed by atoms with Crippen molar-refractivity contribution < 1.29 is 47.9 Å². The molecule has 0 aromatic carbocycles. The molecule has 10 nitrogen and oxygen atoms in total. The fourth-order valence-electron chi connectivity index (χ4n) is 2.09. The molecular weight excluding hydrogens is 436 g/mol. The molecule has 0 saturated heterocycles. The van der Waals surface area contributed by atoms with Crippen molar-refractivity contribution in [3.63, 3.8) is 0 Å². The summed E-state index contributed by atoms with van der Waals surface area (Å²) >= 11 is 0. The molecule has 0 aromatic rings. The number of aliphatic hydroxyl groups is 1. The summed E-state index contributed by atoms with van der Waals surface area (Å²) in [5.74, 6) is -0.910. The molecule has 0 unspecified atom stereocenters. The number of hydrogen-bond donors (Lipinski definition) is 1. The molecule has 5 atom stereocenters. The third-order valence-corrected chi connectivity index (χ3v) is 4.49. The Hall–Kier alpha value is -1.75. The van der Waals surface area contributed by atoms with E-state index in [0.29, 0.717) is 12.8 Å². The van der Waals surface area contributed by atoms with Crippen molar-refractivity contribution >= 4 is 17.9 Å². The van der Waals surface area contributed by atoms with Crippen molar-refractivity contribution in [3.8, 4) is 0 Å². The number of ether oxygens (including phenoxy) is 6. The first-order valence-electron chi connectivity index (χ1n) is 11.2. The summed E-state index contributed by atoms with van der Waals surface area (Å²) in [5, 5.41) is 8.88. The van der Waals surface area contributed by atoms with Crippen LogP contribution in [0.1, 0.15) is 66.7 Å². The van der Waals surface area contributed by atoms with Crippen molar-refractivity contribution in [2.45, 2.75) is 97.2 Å². The molecule has 10 heteroatoms. The van der Waals surface area contributed by atoms with Crippen LogP contribution in [-0.2, 0) is 42.8 Å². The van der Waals surface area contributed by atoms with Crippen LogP contribution in [0.25, 0.3) is 0 Å². The Morgan fingerprint density at radius 2 is 0.970 bits per heavy atom. The second-order valence-corrected chi connectivity index (χ2v) is 7.92. The lowest BCUT2D eigenvalue weighted by Gasteiger charge is -2.15. The van der Waals surface area contributed by atoms with E-state index in [-0.39, 0.29) is 74.8 Å². The van der Waals surface area contributed by atoms with Gasteiger partial charge in [0.05, 0.1) is 56.9 Å². The van der Waals surface area contributed by atoms with Gasteiger partial charge in [-0.1, -0.05) is 0 Å². The first-order chi connectivity index (χ1) is 15.4. The molecule has 1 N–H and O–H groups in total. The number of carbonyl (C=O) groups is 3. The number of hydrogen-bond acceptors (Lipinski definition) is 10. The zero-order valence-electron chi connectivity index (χ0n) is 21.5. The van der Waals surface area contributed by atoms with Crippen LogP contribution in [-0.4, -0.2) is 88.1 Å². The molecule has 0 aliphatic carbocycles. The molecule has 0 aliphatic rings. The first kappa shape index (κ1) is 33.4. The normalized spacial score (nSPS) is 15.2. The summed E-state index contributed by atoms with van der Waals surface area (Å²) in [6.07, 6.45) is 0.494. The lowest BCUT2D eigenvalue weighted by molar-refractivity contribution is -0.153. The van der Waals surface area contributed by atoms with Crippen molar-refractivity contribution in [1.29, 1.82) is 0 Å². The molecule has 0 spiro atoms. The van der Waals surface area contributed by atoms with E-state index in [2.05, 4.69) is 0 Å². The topological polar surface area (TPSA) is 127 Å². The van der Waals surface area contributed by atoms with E-state index in [0.717, 1.165) is 0 Å². The molecule has 0 amide bonds. The van der Waals surface area contributed by atoms with E-state index < -0.39 is 6.10 Å². The van der Waals surface area contributed by atoms with Crippen LogP contribution < -0.4 is 0 Å². The minimum absolute atomic E-state index is 0.112. The Kier molecular flexibility index (Phi) is 21.1. The standard InChI is InChI=1S/C14H26O6.C9H18O4/c1-10(20-14(16)9-12(3)18-5)6-7-19-13(15)8-11(2)17-4;1-7(10)4-5-13-9(11)6-8(2)12-3/h10-12H,6-9H2,1-5H3;7-8,10H,4-6H2,1-3H3/t10-,11-,12-;7-,8-/m11/s1. The quantitative estimate of drug-likeness (QED) is 0.260. The van der Waals surface area contributed by atoms with Gasteiger partial charge in [0.25, 0.3) is 0 Å². The Morgan fingerprint density at radius 1 is 0.606 bits per heavy atom. The van der Waals surface area contributed by atoms with Crippen molar-refractivity contribution in [3.05, 3.63) is 0 Å². The lowest BCUT2D eigenvalue weighted by atomic mass is 10.2. The van der Waals surface area contributed by atoms with Crippen molar-refractivity contribution in [1.82, 2.24) is 0 Å². The Morgan fingerprint density at radius 3 is 1.33 bits per heavy atom. The van der Waals surface area contributed by atoms with E-state index in [1.54, 1.807) is 55.9 Å². The highest BCUT2D eigenvalue weighted by Crippen LogP contribution is 2.05. The molecule has 0 rings (SSSR count). The third kappa shape index (κ3) is 23.2. The van der Waals surface area contributed by atoms with Crippen molar-refractivity contribution in [2.75, 3.05) is 34.5 Å². The Balaban J connectivity index is 0. The molecular formula is C23H44O10. The monoisotopic (exact) mass is 480 g/mol. The zero-order chi connectivity index (χ0) is 25.8.